The first-order valence-corrected chi connectivity index (χ1v) is 9.44. The summed E-state index contributed by atoms with van der Waals surface area (Å²) in [7, 11) is 0. The summed E-state index contributed by atoms with van der Waals surface area (Å²) in [5, 5.41) is 0. The van der Waals surface area contributed by atoms with E-state index in [1.165, 1.54) is 51.4 Å². The van der Waals surface area contributed by atoms with E-state index in [9.17, 15) is 0 Å². The topological polar surface area (TPSA) is 0 Å². The van der Waals surface area contributed by atoms with E-state index in [2.05, 4.69) is 50.5 Å². The van der Waals surface area contributed by atoms with E-state index in [1.807, 2.05) is 0 Å². The molecule has 0 aromatic heterocycles. The van der Waals surface area contributed by atoms with Crippen molar-refractivity contribution in [2.24, 2.45) is 23.2 Å². The fourth-order valence-electron chi connectivity index (χ4n) is 3.67. The highest BCUT2D eigenvalue weighted by Gasteiger charge is 2.35. The van der Waals surface area contributed by atoms with Crippen LogP contribution < -0.4 is 0 Å². The van der Waals surface area contributed by atoms with E-state index in [0.717, 1.165) is 22.6 Å². The first-order chi connectivity index (χ1) is 8.88. The zero-order valence-electron chi connectivity index (χ0n) is 13.8. The van der Waals surface area contributed by atoms with Crippen LogP contribution in [0.4, 0.5) is 0 Å². The van der Waals surface area contributed by atoms with Gasteiger partial charge < -0.3 is 0 Å². The van der Waals surface area contributed by atoms with Crippen molar-refractivity contribution < 1.29 is 0 Å². The molecule has 4 atom stereocenters. The van der Waals surface area contributed by atoms with Crippen LogP contribution in [0.1, 0.15) is 86.0 Å². The highest BCUT2D eigenvalue weighted by molar-refractivity contribution is 9.09. The maximum absolute atomic E-state index is 3.97. The van der Waals surface area contributed by atoms with Crippen LogP contribution in [0.3, 0.4) is 0 Å². The Hall–Kier alpha value is 0.480. The minimum absolute atomic E-state index is 0.497. The molecule has 0 radical (unpaired) electrons. The second-order valence-corrected chi connectivity index (χ2v) is 8.98. The Labute approximate surface area is 130 Å². The molecule has 1 saturated carbocycles. The van der Waals surface area contributed by atoms with Crippen LogP contribution in [0.25, 0.3) is 0 Å². The number of rotatable bonds is 6. The molecule has 0 N–H and O–H groups in total. The van der Waals surface area contributed by atoms with E-state index in [-0.39, 0.29) is 0 Å². The highest BCUT2D eigenvalue weighted by Crippen LogP contribution is 2.45. The number of hydrogen-bond acceptors (Lipinski definition) is 0. The molecule has 1 aliphatic rings. The predicted molar refractivity (Wildman–Crippen MR) is 90.9 cm³/mol. The summed E-state index contributed by atoms with van der Waals surface area (Å²) in [4.78, 5) is 0.779. The van der Waals surface area contributed by atoms with Crippen molar-refractivity contribution in [3.8, 4) is 0 Å². The van der Waals surface area contributed by atoms with Crippen LogP contribution >= 0.6 is 15.9 Å². The first kappa shape index (κ1) is 17.5. The Morgan fingerprint density at radius 2 is 1.84 bits per heavy atom. The summed E-state index contributed by atoms with van der Waals surface area (Å²) in [6, 6.07) is 0. The Morgan fingerprint density at radius 1 is 1.16 bits per heavy atom. The molecule has 1 heteroatoms. The van der Waals surface area contributed by atoms with Gasteiger partial charge >= 0.3 is 0 Å². The van der Waals surface area contributed by atoms with Gasteiger partial charge in [-0.3, -0.25) is 0 Å². The van der Waals surface area contributed by atoms with Crippen LogP contribution in [0.2, 0.25) is 0 Å². The molecule has 0 aromatic carbocycles. The third-order valence-corrected chi connectivity index (χ3v) is 6.50. The minimum atomic E-state index is 0.497. The van der Waals surface area contributed by atoms with Crippen molar-refractivity contribution in [3.05, 3.63) is 0 Å². The van der Waals surface area contributed by atoms with Gasteiger partial charge in [-0.15, -0.1) is 0 Å². The van der Waals surface area contributed by atoms with E-state index >= 15 is 0 Å². The lowest BCUT2D eigenvalue weighted by molar-refractivity contribution is 0.132. The fraction of sp³-hybridized carbons (Fsp3) is 1.00. The summed E-state index contributed by atoms with van der Waals surface area (Å²) in [6.45, 7) is 12.0. The predicted octanol–water partition coefficient (Wildman–Crippen LogP) is 6.82. The maximum atomic E-state index is 3.97. The lowest BCUT2D eigenvalue weighted by atomic mass is 9.67. The average molecular weight is 331 g/mol. The average Bonchev–Trinajstić information content (AvgIpc) is 2.35. The molecule has 1 rings (SSSR count). The zero-order valence-corrected chi connectivity index (χ0v) is 15.4. The van der Waals surface area contributed by atoms with Crippen LogP contribution in [0, 0.1) is 23.2 Å². The summed E-state index contributed by atoms with van der Waals surface area (Å²) in [5.74, 6) is 2.80. The number of alkyl halides is 1. The van der Waals surface area contributed by atoms with Gasteiger partial charge in [0.1, 0.15) is 0 Å². The molecule has 0 aliphatic heterocycles. The quantitative estimate of drug-likeness (QED) is 0.468. The van der Waals surface area contributed by atoms with Gasteiger partial charge in [-0.2, -0.15) is 0 Å². The second-order valence-electron chi connectivity index (χ2n) is 7.80. The molecule has 1 aliphatic carbocycles. The third-order valence-electron chi connectivity index (χ3n) is 5.29. The Bertz CT molecular complexity index is 241. The Morgan fingerprint density at radius 3 is 2.37 bits per heavy atom. The van der Waals surface area contributed by atoms with Crippen molar-refractivity contribution >= 4 is 15.9 Å². The molecule has 0 saturated heterocycles. The molecule has 19 heavy (non-hydrogen) atoms. The summed E-state index contributed by atoms with van der Waals surface area (Å²) in [6.07, 6.45) is 11.3. The lowest BCUT2D eigenvalue weighted by Crippen LogP contribution is -2.33. The number of unbranched alkanes of at least 4 members (excludes halogenated alkanes) is 1. The van der Waals surface area contributed by atoms with Gasteiger partial charge in [0, 0.05) is 4.83 Å². The second kappa shape index (κ2) is 8.05. The largest absolute Gasteiger partial charge is 0.0888 e. The van der Waals surface area contributed by atoms with Crippen molar-refractivity contribution in [1.82, 2.24) is 0 Å². The molecule has 4 unspecified atom stereocenters. The van der Waals surface area contributed by atoms with Crippen molar-refractivity contribution in [2.45, 2.75) is 90.8 Å². The monoisotopic (exact) mass is 330 g/mol. The van der Waals surface area contributed by atoms with Gasteiger partial charge in [-0.1, -0.05) is 76.2 Å². The lowest BCUT2D eigenvalue weighted by Gasteiger charge is -2.41. The maximum Gasteiger partial charge on any atom is 0.0174 e. The molecule has 1 fully saturated rings. The van der Waals surface area contributed by atoms with Gasteiger partial charge in [0.25, 0.3) is 0 Å². The van der Waals surface area contributed by atoms with Gasteiger partial charge in [0.15, 0.2) is 0 Å². The summed E-state index contributed by atoms with van der Waals surface area (Å²) >= 11 is 3.97. The summed E-state index contributed by atoms with van der Waals surface area (Å²) in [5.41, 5.74) is 0.497. The molecule has 114 valence electrons. The van der Waals surface area contributed by atoms with Crippen LogP contribution in [-0.4, -0.2) is 4.83 Å². The molecule has 0 amide bonds. The van der Waals surface area contributed by atoms with Crippen LogP contribution in [0.5, 0.6) is 0 Å². The standard InChI is InChI=1S/C18H35Br/c1-6-8-9-14(7-2)12-15-13-16(18(3,4)5)10-11-17(15)19/h14-17H,6-13H2,1-5H3. The van der Waals surface area contributed by atoms with Crippen LogP contribution in [0.15, 0.2) is 0 Å². The van der Waals surface area contributed by atoms with E-state index in [0.29, 0.717) is 5.41 Å². The minimum Gasteiger partial charge on any atom is -0.0888 e. The SMILES string of the molecule is CCCCC(CC)CC1CC(C(C)(C)C)CCC1Br. The molecule has 0 bridgehead atoms. The molecule has 0 aromatic rings. The molecule has 0 heterocycles. The molecular formula is C18H35Br. The van der Waals surface area contributed by atoms with Crippen molar-refractivity contribution in [1.29, 1.82) is 0 Å². The van der Waals surface area contributed by atoms with E-state index in [4.69, 9.17) is 0 Å². The van der Waals surface area contributed by atoms with Gasteiger partial charge in [0.2, 0.25) is 0 Å². The zero-order chi connectivity index (χ0) is 14.5. The van der Waals surface area contributed by atoms with E-state index in [1.54, 1.807) is 0 Å². The summed E-state index contributed by atoms with van der Waals surface area (Å²) < 4.78 is 0. The van der Waals surface area contributed by atoms with Crippen molar-refractivity contribution in [3.63, 3.8) is 0 Å². The Balaban J connectivity index is 2.53. The van der Waals surface area contributed by atoms with Crippen LogP contribution in [-0.2, 0) is 0 Å². The molecular weight excluding hydrogens is 296 g/mol. The van der Waals surface area contributed by atoms with Gasteiger partial charge in [-0.05, 0) is 48.9 Å². The third kappa shape index (κ3) is 5.78. The Kier molecular flexibility index (Phi) is 7.43. The fourth-order valence-corrected chi connectivity index (χ4v) is 4.36. The smallest absolute Gasteiger partial charge is 0.0174 e. The normalized spacial score (nSPS) is 30.3. The first-order valence-electron chi connectivity index (χ1n) is 8.52. The van der Waals surface area contributed by atoms with Crippen molar-refractivity contribution in [2.75, 3.05) is 0 Å². The highest BCUT2D eigenvalue weighted by atomic mass is 79.9. The number of halogens is 1. The van der Waals surface area contributed by atoms with Gasteiger partial charge in [0.05, 0.1) is 0 Å². The van der Waals surface area contributed by atoms with E-state index < -0.39 is 0 Å². The molecule has 0 nitrogen and oxygen atoms in total. The molecule has 0 spiro atoms. The number of hydrogen-bond donors (Lipinski definition) is 0. The van der Waals surface area contributed by atoms with Gasteiger partial charge in [-0.25, -0.2) is 0 Å².